The summed E-state index contributed by atoms with van der Waals surface area (Å²) in [4.78, 5) is 51.6. The topological polar surface area (TPSA) is 182 Å². The molecular weight excluding hydrogens is 878 g/mol. The molecule has 13 nitrogen and oxygen atoms in total. The molecule has 1 saturated carbocycles. The van der Waals surface area contributed by atoms with Gasteiger partial charge >= 0.3 is 11.9 Å². The number of carboxylic acid groups (broad SMARTS) is 2. The van der Waals surface area contributed by atoms with Crippen LogP contribution in [0.4, 0.5) is 4.39 Å². The number of nitrogens with zero attached hydrogens (tertiary/aromatic N) is 1. The Hall–Kier alpha value is -4.44. The highest BCUT2D eigenvalue weighted by molar-refractivity contribution is 8.15. The summed E-state index contributed by atoms with van der Waals surface area (Å²) in [7, 11) is -0.0254. The molecule has 0 bridgehead atoms. The van der Waals surface area contributed by atoms with Gasteiger partial charge in [-0.25, -0.2) is 9.18 Å². The van der Waals surface area contributed by atoms with Gasteiger partial charge in [-0.15, -0.1) is 0 Å². The van der Waals surface area contributed by atoms with Crippen LogP contribution in [0.1, 0.15) is 129 Å². The number of ether oxygens (including phenoxy) is 4. The number of aliphatic imine (C=N–C) groups is 1. The molecule has 2 aromatic carbocycles. The monoisotopic (exact) mass is 956 g/mol. The summed E-state index contributed by atoms with van der Waals surface area (Å²) in [5.41, 5.74) is 1.21. The van der Waals surface area contributed by atoms with Gasteiger partial charge in [0.1, 0.15) is 23.9 Å². The summed E-state index contributed by atoms with van der Waals surface area (Å²) >= 11 is 0. The standard InChI is InChI=1S/C52H78FN3O10S/c1-3-41(52(62)56-29-32-63-30-26-42-36-44(42)38-49(57)55-28-31-64-33-34-65-40-51(60)61)39-54-27-16-17-35-67(4-2)47-23-20-45(21-24-47)66-46-22-25-48(53)43(37-46)18-14-12-10-8-6-5-7-9-11-13-15-19-50(58)59/h3-4,20-25,37,39,42,44H,5-19,26-36,38,40H2,1-2H3,(H,55,57)(H,56,62)(H,58,59)(H,60,61)/b41-3+,54-39?. The van der Waals surface area contributed by atoms with Crippen molar-refractivity contribution in [2.75, 3.05) is 65.0 Å². The SMILES string of the molecule is CC=S(CCCCN=C/C(=C\C)C(=O)NCCOCCC1CC1CC(=O)NCCOCCOCC(=O)O)c1ccc(Oc2ccc(F)c(CCCCCCCCCCCCCC(=O)O)c2)cc1. The third kappa shape index (κ3) is 27.2. The normalized spacial score (nSPS) is 15.2. The minimum absolute atomic E-state index is 0.00362. The van der Waals surface area contributed by atoms with Crippen molar-refractivity contribution in [3.8, 4) is 11.5 Å². The highest BCUT2D eigenvalue weighted by Gasteiger charge is 2.37. The molecule has 3 atom stereocenters. The highest BCUT2D eigenvalue weighted by atomic mass is 32.2. The lowest BCUT2D eigenvalue weighted by molar-refractivity contribution is -0.143. The second-order valence-corrected chi connectivity index (χ2v) is 19.2. The number of rotatable bonds is 40. The van der Waals surface area contributed by atoms with Crippen molar-refractivity contribution in [2.45, 2.75) is 134 Å². The molecule has 374 valence electrons. The van der Waals surface area contributed by atoms with Crippen LogP contribution in [0.3, 0.4) is 0 Å². The van der Waals surface area contributed by atoms with Crippen molar-refractivity contribution in [2.24, 2.45) is 16.8 Å². The van der Waals surface area contributed by atoms with Gasteiger partial charge in [-0.3, -0.25) is 19.4 Å². The van der Waals surface area contributed by atoms with E-state index in [0.29, 0.717) is 81.0 Å². The number of benzene rings is 2. The molecule has 15 heteroatoms. The number of hydrogen-bond donors (Lipinski definition) is 4. The van der Waals surface area contributed by atoms with Crippen molar-refractivity contribution in [3.63, 3.8) is 0 Å². The van der Waals surface area contributed by atoms with E-state index in [9.17, 15) is 23.6 Å². The molecule has 3 unspecified atom stereocenters. The number of hydrogen-bond acceptors (Lipinski definition) is 9. The number of aryl methyl sites for hydroxylation is 1. The largest absolute Gasteiger partial charge is 0.481 e. The van der Waals surface area contributed by atoms with Crippen LogP contribution in [-0.4, -0.2) is 111 Å². The number of carbonyl (C=O) groups is 4. The zero-order chi connectivity index (χ0) is 48.3. The molecule has 67 heavy (non-hydrogen) atoms. The predicted molar refractivity (Wildman–Crippen MR) is 265 cm³/mol. The molecule has 0 spiro atoms. The second-order valence-electron chi connectivity index (χ2n) is 17.0. The first-order valence-corrected chi connectivity index (χ1v) is 26.0. The van der Waals surface area contributed by atoms with Crippen molar-refractivity contribution in [3.05, 3.63) is 65.5 Å². The molecule has 1 fully saturated rings. The van der Waals surface area contributed by atoms with Gasteiger partial charge < -0.3 is 39.8 Å². The van der Waals surface area contributed by atoms with Crippen molar-refractivity contribution >= 4 is 45.8 Å². The summed E-state index contributed by atoms with van der Waals surface area (Å²) in [6.45, 7) is 6.79. The van der Waals surface area contributed by atoms with E-state index >= 15 is 0 Å². The van der Waals surface area contributed by atoms with Crippen LogP contribution < -0.4 is 15.4 Å². The first-order chi connectivity index (χ1) is 32.6. The molecule has 1 aliphatic carbocycles. The van der Waals surface area contributed by atoms with Crippen LogP contribution in [0.15, 0.2) is 64.0 Å². The average Bonchev–Trinajstić information content (AvgIpc) is 4.06. The van der Waals surface area contributed by atoms with E-state index in [2.05, 4.69) is 40.0 Å². The van der Waals surface area contributed by atoms with E-state index in [4.69, 9.17) is 29.2 Å². The number of carbonyl (C=O) groups excluding carboxylic acids is 2. The summed E-state index contributed by atoms with van der Waals surface area (Å²) in [6.07, 6.45) is 20.7. The zero-order valence-corrected chi connectivity index (χ0v) is 40.9. The van der Waals surface area contributed by atoms with Gasteiger partial charge in [-0.05, 0) is 124 Å². The third-order valence-electron chi connectivity index (χ3n) is 11.6. The van der Waals surface area contributed by atoms with Gasteiger partial charge in [0.2, 0.25) is 5.91 Å². The predicted octanol–water partition coefficient (Wildman–Crippen LogP) is 9.96. The molecule has 0 saturated heterocycles. The van der Waals surface area contributed by atoms with Gasteiger partial charge in [0.15, 0.2) is 0 Å². The number of allylic oxidation sites excluding steroid dienone is 1. The van der Waals surface area contributed by atoms with Crippen LogP contribution in [0, 0.1) is 17.7 Å². The maximum Gasteiger partial charge on any atom is 0.329 e. The molecule has 0 aromatic heterocycles. The number of aliphatic carboxylic acids is 2. The maximum atomic E-state index is 14.6. The number of amides is 2. The van der Waals surface area contributed by atoms with E-state index in [1.54, 1.807) is 18.4 Å². The average molecular weight is 956 g/mol. The molecule has 2 aromatic rings. The Morgan fingerprint density at radius 2 is 1.37 bits per heavy atom. The van der Waals surface area contributed by atoms with E-state index < -0.39 is 11.9 Å². The fraction of sp³-hybridized carbons (Fsp3) is 0.615. The van der Waals surface area contributed by atoms with E-state index in [1.807, 2.05) is 25.1 Å². The van der Waals surface area contributed by atoms with Crippen molar-refractivity contribution in [1.82, 2.24) is 10.6 Å². The Kier molecular flexibility index (Phi) is 30.3. The third-order valence-corrected chi connectivity index (χ3v) is 13.7. The Bertz CT molecular complexity index is 1840. The molecule has 1 aliphatic rings. The first-order valence-electron chi connectivity index (χ1n) is 24.5. The van der Waals surface area contributed by atoms with Crippen LogP contribution in [-0.2, 0) is 39.8 Å². The lowest BCUT2D eigenvalue weighted by Gasteiger charge is -2.12. The fourth-order valence-corrected chi connectivity index (χ4v) is 9.35. The lowest BCUT2D eigenvalue weighted by atomic mass is 10.0. The molecule has 4 N–H and O–H groups in total. The van der Waals surface area contributed by atoms with Crippen LogP contribution in [0.5, 0.6) is 11.5 Å². The van der Waals surface area contributed by atoms with Crippen molar-refractivity contribution < 1.29 is 52.7 Å². The number of carboxylic acids is 2. The summed E-state index contributed by atoms with van der Waals surface area (Å²) < 4.78 is 36.7. The minimum Gasteiger partial charge on any atom is -0.481 e. The number of unbranched alkanes of at least 4 members (excludes halogenated alkanes) is 11. The molecule has 2 amide bonds. The molecule has 0 aliphatic heterocycles. The quantitative estimate of drug-likeness (QED) is 0.0217. The first kappa shape index (κ1) is 56.9. The Labute approximate surface area is 401 Å². The molecule has 0 heterocycles. The number of halogens is 1. The molecular formula is C52H78FN3O10S. The second kappa shape index (κ2) is 35.7. The minimum atomic E-state index is -1.02. The van der Waals surface area contributed by atoms with Crippen LogP contribution >= 0.6 is 10.5 Å². The maximum absolute atomic E-state index is 14.6. The smallest absolute Gasteiger partial charge is 0.329 e. The summed E-state index contributed by atoms with van der Waals surface area (Å²) in [5.74, 6) is 1.10. The Balaban J connectivity index is 1.20. The van der Waals surface area contributed by atoms with E-state index in [-0.39, 0.29) is 54.4 Å². The molecule has 0 radical (unpaired) electrons. The highest BCUT2D eigenvalue weighted by Crippen LogP contribution is 2.43. The van der Waals surface area contributed by atoms with Crippen LogP contribution in [0.25, 0.3) is 0 Å². The van der Waals surface area contributed by atoms with E-state index in [1.165, 1.54) is 43.1 Å². The summed E-state index contributed by atoms with van der Waals surface area (Å²) in [5, 5.41) is 25.2. The van der Waals surface area contributed by atoms with Gasteiger partial charge in [0.05, 0.1) is 32.0 Å². The Morgan fingerprint density at radius 1 is 0.731 bits per heavy atom. The Morgan fingerprint density at radius 3 is 2.04 bits per heavy atom. The van der Waals surface area contributed by atoms with E-state index in [0.717, 1.165) is 75.7 Å². The fourth-order valence-electron chi connectivity index (χ4n) is 7.61. The van der Waals surface area contributed by atoms with Gasteiger partial charge in [-0.1, -0.05) is 69.2 Å². The zero-order valence-electron chi connectivity index (χ0n) is 40.1. The van der Waals surface area contributed by atoms with Crippen LogP contribution in [0.2, 0.25) is 0 Å². The lowest BCUT2D eigenvalue weighted by Crippen LogP contribution is -2.29. The van der Waals surface area contributed by atoms with Gasteiger partial charge in [0, 0.05) is 50.2 Å². The van der Waals surface area contributed by atoms with Crippen molar-refractivity contribution in [1.29, 1.82) is 0 Å². The van der Waals surface area contributed by atoms with Gasteiger partial charge in [0.25, 0.3) is 5.91 Å². The number of nitrogens with one attached hydrogen (secondary N) is 2. The van der Waals surface area contributed by atoms with Gasteiger partial charge in [-0.2, -0.15) is 10.5 Å². The summed E-state index contributed by atoms with van der Waals surface area (Å²) in [6, 6.07) is 13.2. The molecule has 3 rings (SSSR count).